The Morgan fingerprint density at radius 2 is 1.92 bits per heavy atom. The highest BCUT2D eigenvalue weighted by Crippen LogP contribution is 2.35. The second-order valence-electron chi connectivity index (χ2n) is 9.25. The number of nitrogens with one attached hydrogen (secondary N) is 2. The maximum absolute atomic E-state index is 13.2. The summed E-state index contributed by atoms with van der Waals surface area (Å²) < 4.78 is 41.1. The highest BCUT2D eigenvalue weighted by molar-refractivity contribution is 5.94. The van der Waals surface area contributed by atoms with Crippen LogP contribution in [0.3, 0.4) is 0 Å². The molecule has 3 N–H and O–H groups in total. The van der Waals surface area contributed by atoms with Gasteiger partial charge in [0.2, 0.25) is 0 Å². The molecule has 11 heteroatoms. The number of aromatic amines is 1. The van der Waals surface area contributed by atoms with Crippen molar-refractivity contribution >= 4 is 16.8 Å². The molecule has 0 radical (unpaired) electrons. The van der Waals surface area contributed by atoms with Gasteiger partial charge in [-0.2, -0.15) is 18.3 Å². The monoisotopic (exact) mass is 511 g/mol. The minimum absolute atomic E-state index is 0.0195. The van der Waals surface area contributed by atoms with Crippen LogP contribution in [-0.4, -0.2) is 42.9 Å². The zero-order chi connectivity index (χ0) is 26.2. The Hall–Kier alpha value is -3.99. The highest BCUT2D eigenvalue weighted by atomic mass is 19.4. The summed E-state index contributed by atoms with van der Waals surface area (Å²) in [5.41, 5.74) is 0.249. The first-order valence-corrected chi connectivity index (χ1v) is 11.9. The van der Waals surface area contributed by atoms with Crippen molar-refractivity contribution in [1.82, 2.24) is 25.1 Å². The second kappa shape index (κ2) is 9.81. The zero-order valence-electron chi connectivity index (χ0n) is 19.6. The van der Waals surface area contributed by atoms with Crippen LogP contribution in [0.4, 0.5) is 13.2 Å². The summed E-state index contributed by atoms with van der Waals surface area (Å²) in [5, 5.41) is 18.4. The summed E-state index contributed by atoms with van der Waals surface area (Å²) in [7, 11) is 0. The predicted molar refractivity (Wildman–Crippen MR) is 130 cm³/mol. The molecule has 0 atom stereocenters. The van der Waals surface area contributed by atoms with E-state index in [0.29, 0.717) is 18.4 Å². The number of H-pyrrole nitrogens is 1. The Kier molecular flexibility index (Phi) is 6.55. The first-order chi connectivity index (χ1) is 17.7. The van der Waals surface area contributed by atoms with Crippen molar-refractivity contribution in [3.63, 3.8) is 0 Å². The van der Waals surface area contributed by atoms with Gasteiger partial charge in [-0.3, -0.25) is 19.3 Å². The SMILES string of the molecule is O=C(N[C@H]1CC[C@H](O)CC1)c1cccc(Cn2cnc3cc(-c4cn[nH]c4C(F)(F)F)ccc3c2=O)c1. The molecular formula is C26H24F3N5O3. The molecule has 192 valence electrons. The fourth-order valence-electron chi connectivity index (χ4n) is 4.66. The highest BCUT2D eigenvalue weighted by Gasteiger charge is 2.36. The standard InChI is InChI=1S/C26H24F3N5O3/c27-26(28,29)23-21(12-31-33-23)16-4-9-20-22(11-16)30-14-34(25(20)37)13-15-2-1-3-17(10-15)24(36)32-18-5-7-19(35)8-6-18/h1-4,9-12,14,18-19,35H,5-8,13H2,(H,31,33)(H,32,36)/t18-,19-. The topological polar surface area (TPSA) is 113 Å². The van der Waals surface area contributed by atoms with Gasteiger partial charge in [0.05, 0.1) is 36.1 Å². The van der Waals surface area contributed by atoms with E-state index in [2.05, 4.69) is 15.4 Å². The first kappa shape index (κ1) is 24.7. The lowest BCUT2D eigenvalue weighted by atomic mass is 9.93. The van der Waals surface area contributed by atoms with Gasteiger partial charge in [0.15, 0.2) is 0 Å². The van der Waals surface area contributed by atoms with Gasteiger partial charge in [-0.15, -0.1) is 0 Å². The van der Waals surface area contributed by atoms with Crippen LogP contribution in [-0.2, 0) is 12.7 Å². The van der Waals surface area contributed by atoms with Crippen molar-refractivity contribution in [1.29, 1.82) is 0 Å². The number of fused-ring (bicyclic) bond motifs is 1. The number of hydrogen-bond donors (Lipinski definition) is 3. The van der Waals surface area contributed by atoms with E-state index in [1.54, 1.807) is 24.3 Å². The van der Waals surface area contributed by atoms with Gasteiger partial charge < -0.3 is 10.4 Å². The van der Waals surface area contributed by atoms with Gasteiger partial charge in [0.1, 0.15) is 5.69 Å². The van der Waals surface area contributed by atoms with Crippen LogP contribution >= 0.6 is 0 Å². The summed E-state index contributed by atoms with van der Waals surface area (Å²) in [6, 6.07) is 11.3. The number of nitrogens with zero attached hydrogens (tertiary/aromatic N) is 3. The average molecular weight is 512 g/mol. The molecule has 1 amide bonds. The van der Waals surface area contributed by atoms with Gasteiger partial charge in [-0.25, -0.2) is 4.98 Å². The third kappa shape index (κ3) is 5.26. The molecule has 0 unspecified atom stereocenters. The molecule has 0 bridgehead atoms. The number of aliphatic hydroxyl groups is 1. The van der Waals surface area contributed by atoms with Crippen LogP contribution in [0, 0.1) is 0 Å². The Labute approximate surface area is 209 Å². The van der Waals surface area contributed by atoms with Crippen molar-refractivity contribution in [2.45, 2.75) is 50.6 Å². The number of carbonyl (C=O) groups is 1. The smallest absolute Gasteiger partial charge is 0.393 e. The molecule has 37 heavy (non-hydrogen) atoms. The zero-order valence-corrected chi connectivity index (χ0v) is 19.6. The normalized spacial score (nSPS) is 18.2. The Bertz CT molecular complexity index is 1500. The van der Waals surface area contributed by atoms with Crippen LogP contribution in [0.15, 0.2) is 59.8 Å². The van der Waals surface area contributed by atoms with Gasteiger partial charge in [0, 0.05) is 17.2 Å². The fourth-order valence-corrected chi connectivity index (χ4v) is 4.66. The molecule has 5 rings (SSSR count). The maximum atomic E-state index is 13.2. The van der Waals surface area contributed by atoms with Crippen molar-refractivity contribution in [3.8, 4) is 11.1 Å². The third-order valence-corrected chi connectivity index (χ3v) is 6.63. The number of carbonyl (C=O) groups excluding carboxylic acids is 1. The van der Waals surface area contributed by atoms with Crippen LogP contribution in [0.1, 0.15) is 47.3 Å². The Morgan fingerprint density at radius 3 is 2.68 bits per heavy atom. The van der Waals surface area contributed by atoms with Crippen molar-refractivity contribution < 1.29 is 23.1 Å². The number of aliphatic hydroxyl groups excluding tert-OH is 1. The molecule has 4 aromatic rings. The minimum Gasteiger partial charge on any atom is -0.393 e. The van der Waals surface area contributed by atoms with Crippen LogP contribution in [0.25, 0.3) is 22.0 Å². The second-order valence-corrected chi connectivity index (χ2v) is 9.25. The fraction of sp³-hybridized carbons (Fsp3) is 0.308. The van der Waals surface area contributed by atoms with Crippen LogP contribution in [0.5, 0.6) is 0 Å². The Balaban J connectivity index is 1.36. The molecule has 2 aromatic carbocycles. The van der Waals surface area contributed by atoms with Crippen molar-refractivity contribution in [2.24, 2.45) is 0 Å². The molecule has 1 aliphatic carbocycles. The number of rotatable bonds is 5. The molecule has 0 spiro atoms. The number of alkyl halides is 3. The molecule has 0 saturated heterocycles. The Morgan fingerprint density at radius 1 is 1.14 bits per heavy atom. The number of hydrogen-bond acceptors (Lipinski definition) is 5. The van der Waals surface area contributed by atoms with Gasteiger partial charge in [-0.1, -0.05) is 18.2 Å². The van der Waals surface area contributed by atoms with E-state index in [9.17, 15) is 27.9 Å². The summed E-state index contributed by atoms with van der Waals surface area (Å²) >= 11 is 0. The molecule has 0 aliphatic heterocycles. The molecule has 2 aromatic heterocycles. The number of halogens is 3. The molecule has 1 saturated carbocycles. The lowest BCUT2D eigenvalue weighted by Gasteiger charge is -2.26. The number of benzene rings is 2. The minimum atomic E-state index is -4.60. The summed E-state index contributed by atoms with van der Waals surface area (Å²) in [5.74, 6) is -0.211. The average Bonchev–Trinajstić information content (AvgIpc) is 3.38. The molecular weight excluding hydrogens is 487 g/mol. The predicted octanol–water partition coefficient (Wildman–Crippen LogP) is 3.89. The van der Waals surface area contributed by atoms with Gasteiger partial charge in [0.25, 0.3) is 11.5 Å². The summed E-state index contributed by atoms with van der Waals surface area (Å²) in [4.78, 5) is 30.1. The van der Waals surface area contributed by atoms with Crippen LogP contribution < -0.4 is 10.9 Å². The van der Waals surface area contributed by atoms with Crippen molar-refractivity contribution in [2.75, 3.05) is 0 Å². The number of amides is 1. The quantitative estimate of drug-likeness (QED) is 0.376. The summed E-state index contributed by atoms with van der Waals surface area (Å²) in [6.45, 7) is 0.167. The largest absolute Gasteiger partial charge is 0.433 e. The number of aromatic nitrogens is 4. The van der Waals surface area contributed by atoms with Gasteiger partial charge in [-0.05, 0) is 61.1 Å². The molecule has 1 aliphatic rings. The summed E-state index contributed by atoms with van der Waals surface area (Å²) in [6.07, 6.45) is 0.309. The van der Waals surface area contributed by atoms with Crippen molar-refractivity contribution in [3.05, 3.63) is 82.2 Å². The van der Waals surface area contributed by atoms with Crippen LogP contribution in [0.2, 0.25) is 0 Å². The van der Waals surface area contributed by atoms with E-state index in [0.717, 1.165) is 24.6 Å². The lowest BCUT2D eigenvalue weighted by Crippen LogP contribution is -2.38. The van der Waals surface area contributed by atoms with E-state index in [1.807, 2.05) is 5.10 Å². The molecule has 2 heterocycles. The van der Waals surface area contributed by atoms with E-state index in [1.165, 1.54) is 29.1 Å². The van der Waals surface area contributed by atoms with E-state index >= 15 is 0 Å². The third-order valence-electron chi connectivity index (χ3n) is 6.63. The van der Waals surface area contributed by atoms with E-state index in [4.69, 9.17) is 0 Å². The van der Waals surface area contributed by atoms with Gasteiger partial charge >= 0.3 is 6.18 Å². The lowest BCUT2D eigenvalue weighted by molar-refractivity contribution is -0.140. The molecule has 8 nitrogen and oxygen atoms in total. The first-order valence-electron chi connectivity index (χ1n) is 11.9. The van der Waals surface area contributed by atoms with E-state index in [-0.39, 0.29) is 52.2 Å². The maximum Gasteiger partial charge on any atom is 0.433 e. The molecule has 1 fully saturated rings. The van der Waals surface area contributed by atoms with E-state index < -0.39 is 11.9 Å².